The molecule has 0 radical (unpaired) electrons. The second-order valence-corrected chi connectivity index (χ2v) is 6.42. The van der Waals surface area contributed by atoms with Crippen LogP contribution in [0.5, 0.6) is 0 Å². The molecule has 0 aliphatic heterocycles. The van der Waals surface area contributed by atoms with Crippen molar-refractivity contribution in [2.45, 2.75) is 33.2 Å². The van der Waals surface area contributed by atoms with Crippen molar-refractivity contribution in [3.05, 3.63) is 57.4 Å². The van der Waals surface area contributed by atoms with Crippen LogP contribution in [0.4, 0.5) is 0 Å². The van der Waals surface area contributed by atoms with Crippen molar-refractivity contribution in [2.75, 3.05) is 7.11 Å². The molecule has 0 fully saturated rings. The lowest BCUT2D eigenvalue weighted by Crippen LogP contribution is -2.29. The number of hydrogen-bond donors (Lipinski definition) is 2. The Morgan fingerprint density at radius 1 is 1.27 bits per heavy atom. The molecule has 1 aromatic heterocycles. The topological polar surface area (TPSA) is 88.3 Å². The van der Waals surface area contributed by atoms with Gasteiger partial charge in [-0.15, -0.1) is 0 Å². The van der Waals surface area contributed by atoms with Crippen LogP contribution in [0.25, 0.3) is 0 Å². The van der Waals surface area contributed by atoms with Crippen LogP contribution < -0.4 is 5.32 Å². The lowest BCUT2D eigenvalue weighted by Gasteiger charge is -2.15. The molecule has 0 aliphatic rings. The Balaban J connectivity index is 2.23. The summed E-state index contributed by atoms with van der Waals surface area (Å²) in [5.41, 5.74) is 2.14. The van der Waals surface area contributed by atoms with Crippen LogP contribution in [0.2, 0.25) is 5.02 Å². The zero-order valence-corrected chi connectivity index (χ0v) is 15.9. The number of ketones is 1. The summed E-state index contributed by atoms with van der Waals surface area (Å²) in [5.74, 6) is -1.11. The van der Waals surface area contributed by atoms with E-state index in [1.54, 1.807) is 13.0 Å². The highest BCUT2D eigenvalue weighted by Gasteiger charge is 2.24. The van der Waals surface area contributed by atoms with Crippen molar-refractivity contribution < 1.29 is 19.1 Å². The van der Waals surface area contributed by atoms with Gasteiger partial charge in [-0.2, -0.15) is 0 Å². The van der Waals surface area contributed by atoms with Crippen molar-refractivity contribution in [1.29, 1.82) is 0 Å². The Bertz CT molecular complexity index is 857. The van der Waals surface area contributed by atoms with E-state index in [1.165, 1.54) is 14.0 Å². The van der Waals surface area contributed by atoms with Crippen LogP contribution in [-0.2, 0) is 16.0 Å². The molecule has 6 nitrogen and oxygen atoms in total. The molecule has 0 spiro atoms. The summed E-state index contributed by atoms with van der Waals surface area (Å²) in [4.78, 5) is 39.1. The van der Waals surface area contributed by atoms with Gasteiger partial charge in [0.2, 0.25) is 5.91 Å². The second-order valence-electron chi connectivity index (χ2n) is 6.01. The fourth-order valence-electron chi connectivity index (χ4n) is 2.88. The van der Waals surface area contributed by atoms with E-state index in [2.05, 4.69) is 10.3 Å². The van der Waals surface area contributed by atoms with Gasteiger partial charge >= 0.3 is 5.97 Å². The first-order valence-corrected chi connectivity index (χ1v) is 8.48. The van der Waals surface area contributed by atoms with E-state index in [4.69, 9.17) is 16.3 Å². The van der Waals surface area contributed by atoms with Crippen LogP contribution in [0, 0.1) is 6.92 Å². The van der Waals surface area contributed by atoms with Crippen molar-refractivity contribution in [3.8, 4) is 0 Å². The number of aromatic amines is 1. The van der Waals surface area contributed by atoms with Gasteiger partial charge in [-0.1, -0.05) is 29.8 Å². The van der Waals surface area contributed by atoms with E-state index < -0.39 is 5.97 Å². The molecule has 1 amide bonds. The standard InChI is InChI=1S/C19H21ClN2O4/c1-10-17(19(25)26-4)15(22-18(10)12(3)23)9-16(24)21-11(2)13-7-5-6-8-14(13)20/h5-8,11,22H,9H2,1-4H3,(H,21,24)/t11-/m0/s1. The van der Waals surface area contributed by atoms with Crippen LogP contribution in [-0.4, -0.2) is 29.8 Å². The third-order valence-electron chi connectivity index (χ3n) is 4.16. The molecule has 138 valence electrons. The number of carbonyl (C=O) groups excluding carboxylic acids is 3. The number of carbonyl (C=O) groups is 3. The highest BCUT2D eigenvalue weighted by atomic mass is 35.5. The maximum absolute atomic E-state index is 12.4. The van der Waals surface area contributed by atoms with Gasteiger partial charge in [-0.05, 0) is 31.0 Å². The van der Waals surface area contributed by atoms with Gasteiger partial charge < -0.3 is 15.0 Å². The summed E-state index contributed by atoms with van der Waals surface area (Å²) >= 11 is 6.15. The molecule has 2 aromatic rings. The number of Topliss-reactive ketones (excluding diaryl/α,β-unsaturated/α-hetero) is 1. The summed E-state index contributed by atoms with van der Waals surface area (Å²) in [6.07, 6.45) is -0.0899. The fourth-order valence-corrected chi connectivity index (χ4v) is 3.18. The van der Waals surface area contributed by atoms with Gasteiger partial charge in [0.05, 0.1) is 30.8 Å². The number of benzene rings is 1. The maximum Gasteiger partial charge on any atom is 0.339 e. The van der Waals surface area contributed by atoms with Crippen LogP contribution in [0.1, 0.15) is 57.6 Å². The first kappa shape index (κ1) is 19.7. The summed E-state index contributed by atoms with van der Waals surface area (Å²) in [7, 11) is 1.26. The Morgan fingerprint density at radius 3 is 2.50 bits per heavy atom. The van der Waals surface area contributed by atoms with Crippen LogP contribution >= 0.6 is 11.6 Å². The van der Waals surface area contributed by atoms with E-state index in [0.29, 0.717) is 22.0 Å². The zero-order chi connectivity index (χ0) is 19.4. The average Bonchev–Trinajstić information content (AvgIpc) is 2.90. The number of aromatic nitrogens is 1. The third-order valence-corrected chi connectivity index (χ3v) is 4.50. The quantitative estimate of drug-likeness (QED) is 0.597. The fraction of sp³-hybridized carbons (Fsp3) is 0.316. The van der Waals surface area contributed by atoms with Crippen LogP contribution in [0.15, 0.2) is 24.3 Å². The number of H-pyrrole nitrogens is 1. The SMILES string of the molecule is COC(=O)c1c(CC(=O)N[C@@H](C)c2ccccc2Cl)[nH]c(C(C)=O)c1C. The minimum Gasteiger partial charge on any atom is -0.465 e. The molecule has 0 saturated heterocycles. The molecule has 0 aliphatic carbocycles. The van der Waals surface area contributed by atoms with Crippen molar-refractivity contribution in [2.24, 2.45) is 0 Å². The van der Waals surface area contributed by atoms with Gasteiger partial charge in [0, 0.05) is 17.6 Å². The molecule has 26 heavy (non-hydrogen) atoms. The summed E-state index contributed by atoms with van der Waals surface area (Å²) < 4.78 is 4.78. The van der Waals surface area contributed by atoms with Gasteiger partial charge in [0.25, 0.3) is 0 Å². The Hall–Kier alpha value is -2.60. The number of hydrogen-bond acceptors (Lipinski definition) is 4. The number of methoxy groups -OCH3 is 1. The van der Waals surface area contributed by atoms with Gasteiger partial charge in [-0.25, -0.2) is 4.79 Å². The number of halogens is 1. The molecule has 0 saturated carbocycles. The van der Waals surface area contributed by atoms with Gasteiger partial charge in [-0.3, -0.25) is 9.59 Å². The first-order valence-electron chi connectivity index (χ1n) is 8.10. The van der Waals surface area contributed by atoms with Gasteiger partial charge in [0.15, 0.2) is 5.78 Å². The highest BCUT2D eigenvalue weighted by molar-refractivity contribution is 6.31. The largest absolute Gasteiger partial charge is 0.465 e. The van der Waals surface area contributed by atoms with E-state index in [9.17, 15) is 14.4 Å². The van der Waals surface area contributed by atoms with E-state index >= 15 is 0 Å². The smallest absolute Gasteiger partial charge is 0.339 e. The predicted molar refractivity (Wildman–Crippen MR) is 98.6 cm³/mol. The average molecular weight is 377 g/mol. The van der Waals surface area contributed by atoms with Crippen molar-refractivity contribution >= 4 is 29.3 Å². The lowest BCUT2D eigenvalue weighted by molar-refractivity contribution is -0.121. The maximum atomic E-state index is 12.4. The molecule has 2 rings (SSSR count). The van der Waals surface area contributed by atoms with Crippen molar-refractivity contribution in [1.82, 2.24) is 10.3 Å². The molecule has 0 unspecified atom stereocenters. The number of amides is 1. The van der Waals surface area contributed by atoms with Gasteiger partial charge in [0.1, 0.15) is 0 Å². The Labute approximate surface area is 156 Å². The summed E-state index contributed by atoms with van der Waals surface area (Å²) in [5, 5.41) is 3.41. The molecule has 7 heteroatoms. The molecule has 1 heterocycles. The van der Waals surface area contributed by atoms with Crippen molar-refractivity contribution in [3.63, 3.8) is 0 Å². The summed E-state index contributed by atoms with van der Waals surface area (Å²) in [6.45, 7) is 4.86. The zero-order valence-electron chi connectivity index (χ0n) is 15.1. The Morgan fingerprint density at radius 2 is 1.92 bits per heavy atom. The number of esters is 1. The molecule has 1 aromatic carbocycles. The third kappa shape index (κ3) is 4.14. The minimum atomic E-state index is -0.590. The number of nitrogens with one attached hydrogen (secondary N) is 2. The highest BCUT2D eigenvalue weighted by Crippen LogP contribution is 2.23. The molecule has 1 atom stereocenters. The van der Waals surface area contributed by atoms with E-state index in [1.807, 2.05) is 25.1 Å². The first-order chi connectivity index (χ1) is 12.3. The van der Waals surface area contributed by atoms with Crippen LogP contribution in [0.3, 0.4) is 0 Å². The molecule has 2 N–H and O–H groups in total. The number of rotatable bonds is 6. The normalized spacial score (nSPS) is 11.7. The summed E-state index contributed by atoms with van der Waals surface area (Å²) in [6, 6.07) is 6.93. The predicted octanol–water partition coefficient (Wildman–Crippen LogP) is 3.39. The minimum absolute atomic E-state index is 0.0899. The number of ether oxygens (including phenoxy) is 1. The second kappa shape index (κ2) is 8.19. The lowest BCUT2D eigenvalue weighted by atomic mass is 10.1. The van der Waals surface area contributed by atoms with E-state index in [0.717, 1.165) is 5.56 Å². The molecular formula is C19H21ClN2O4. The Kier molecular flexibility index (Phi) is 6.21. The molecular weight excluding hydrogens is 356 g/mol. The molecule has 0 bridgehead atoms. The van der Waals surface area contributed by atoms with E-state index in [-0.39, 0.29) is 29.7 Å². The monoisotopic (exact) mass is 376 g/mol.